The number of nitriles is 1. The van der Waals surface area contributed by atoms with Gasteiger partial charge in [-0.1, -0.05) is 80.5 Å². The maximum Gasteiger partial charge on any atom is 0.338 e. The van der Waals surface area contributed by atoms with E-state index in [1.54, 1.807) is 55.5 Å². The SMILES string of the molecule is Cc1nn(C)c(/C(OC(=O)C(C)(C)C)=C(\C#N)c2ccc(C(C)(C)C)cc2)c1C.Cc1nn(C)c(Oc2ccccc2)c1/C=N/OCc1ccc(C(=O)OC(C)(C)C)cc1. The van der Waals surface area contributed by atoms with Crippen molar-refractivity contribution in [2.45, 2.75) is 101 Å². The Balaban J connectivity index is 0.000000265. The molecule has 0 atom stereocenters. The monoisotopic (exact) mass is 814 g/mol. The Bertz CT molecular complexity index is 2380. The Hall–Kier alpha value is -6.48. The molecule has 12 nitrogen and oxygen atoms in total. The lowest BCUT2D eigenvalue weighted by Gasteiger charge is -2.21. The van der Waals surface area contributed by atoms with E-state index in [1.165, 1.54) is 5.56 Å². The molecule has 2 heterocycles. The molecule has 0 N–H and O–H groups in total. The molecule has 3 aromatic carbocycles. The van der Waals surface area contributed by atoms with Gasteiger partial charge in [0.25, 0.3) is 0 Å². The fourth-order valence-electron chi connectivity index (χ4n) is 5.73. The number of para-hydroxylation sites is 1. The molecule has 0 saturated carbocycles. The number of esters is 2. The van der Waals surface area contributed by atoms with Gasteiger partial charge in [-0.3, -0.25) is 9.48 Å². The van der Waals surface area contributed by atoms with Crippen LogP contribution in [0.15, 0.2) is 84.0 Å². The van der Waals surface area contributed by atoms with Gasteiger partial charge in [0.2, 0.25) is 5.88 Å². The highest BCUT2D eigenvalue weighted by Gasteiger charge is 2.30. The fraction of sp³-hybridized carbons (Fsp3) is 0.375. The molecule has 0 aliphatic rings. The largest absolute Gasteiger partial charge is 0.456 e. The topological polar surface area (TPSA) is 143 Å². The van der Waals surface area contributed by atoms with Gasteiger partial charge < -0.3 is 19.0 Å². The van der Waals surface area contributed by atoms with Crippen LogP contribution in [0.1, 0.15) is 118 Å². The first-order valence-electron chi connectivity index (χ1n) is 19.7. The quantitative estimate of drug-likeness (QED) is 0.0442. The predicted molar refractivity (Wildman–Crippen MR) is 234 cm³/mol. The van der Waals surface area contributed by atoms with Gasteiger partial charge in [-0.25, -0.2) is 9.48 Å². The summed E-state index contributed by atoms with van der Waals surface area (Å²) in [5, 5.41) is 22.9. The van der Waals surface area contributed by atoms with Crippen LogP contribution in [-0.4, -0.2) is 43.3 Å². The molecule has 60 heavy (non-hydrogen) atoms. The van der Waals surface area contributed by atoms with Crippen molar-refractivity contribution in [1.82, 2.24) is 19.6 Å². The molecular formula is C48H58N6O6. The first kappa shape index (κ1) is 46.2. The average molecular weight is 815 g/mol. The van der Waals surface area contributed by atoms with E-state index < -0.39 is 17.0 Å². The van der Waals surface area contributed by atoms with Crippen LogP contribution in [-0.2, 0) is 45.2 Å². The second kappa shape index (κ2) is 19.1. The first-order chi connectivity index (χ1) is 28.0. The average Bonchev–Trinajstić information content (AvgIpc) is 3.58. The van der Waals surface area contributed by atoms with Gasteiger partial charge in [0, 0.05) is 19.7 Å². The first-order valence-corrected chi connectivity index (χ1v) is 19.7. The van der Waals surface area contributed by atoms with Crippen molar-refractivity contribution in [2.75, 3.05) is 0 Å². The van der Waals surface area contributed by atoms with Gasteiger partial charge in [-0.05, 0) is 109 Å². The zero-order chi connectivity index (χ0) is 44.6. The number of hydrogen-bond acceptors (Lipinski definition) is 10. The molecule has 0 fully saturated rings. The van der Waals surface area contributed by atoms with Gasteiger partial charge in [0.15, 0.2) is 5.76 Å². The molecular weight excluding hydrogens is 757 g/mol. The van der Waals surface area contributed by atoms with Crippen molar-refractivity contribution in [3.8, 4) is 17.7 Å². The minimum atomic E-state index is -0.705. The zero-order valence-electron chi connectivity index (χ0n) is 37.4. The molecule has 0 aliphatic carbocycles. The van der Waals surface area contributed by atoms with E-state index in [0.717, 1.165) is 28.1 Å². The number of hydrogen-bond donors (Lipinski definition) is 0. The Morgan fingerprint density at radius 2 is 1.37 bits per heavy atom. The molecule has 5 aromatic rings. The number of nitrogens with zero attached hydrogens (tertiary/aromatic N) is 6. The Labute approximate surface area is 354 Å². The summed E-state index contributed by atoms with van der Waals surface area (Å²) in [6.07, 6.45) is 1.59. The van der Waals surface area contributed by atoms with Crippen molar-refractivity contribution < 1.29 is 28.6 Å². The molecule has 5 rings (SSSR count). The standard InChI is InChI=1S/C24H27N3O4.C24H31N3O2/c1-17-21(22(27(5)26-17)30-20-9-7-6-8-10-20)15-25-29-16-18-11-13-19(14-12-18)23(28)31-24(2,3)4;1-15-16(2)26-27(9)20(15)21(29-22(28)24(6,7)8)19(14-25)17-10-12-18(13-11-17)23(3,4)5/h6-15H,16H2,1-5H3;10-13H,1-9H3/b25-15+;21-19-. The third-order valence-corrected chi connectivity index (χ3v) is 9.17. The summed E-state index contributed by atoms with van der Waals surface area (Å²) in [6.45, 7) is 23.3. The highest BCUT2D eigenvalue weighted by Crippen LogP contribution is 2.34. The van der Waals surface area contributed by atoms with E-state index in [4.69, 9.17) is 19.0 Å². The molecule has 316 valence electrons. The number of carbonyl (C=O) groups excluding carboxylic acids is 2. The van der Waals surface area contributed by atoms with Crippen LogP contribution in [0.5, 0.6) is 11.6 Å². The summed E-state index contributed by atoms with van der Waals surface area (Å²) in [5.41, 5.74) is 6.20. The lowest BCUT2D eigenvalue weighted by Crippen LogP contribution is -2.23. The summed E-state index contributed by atoms with van der Waals surface area (Å²) in [5.74, 6) is 0.793. The Morgan fingerprint density at radius 1 is 0.783 bits per heavy atom. The Morgan fingerprint density at radius 3 is 1.88 bits per heavy atom. The van der Waals surface area contributed by atoms with Crippen molar-refractivity contribution in [3.63, 3.8) is 0 Å². The van der Waals surface area contributed by atoms with Crippen molar-refractivity contribution in [2.24, 2.45) is 24.7 Å². The van der Waals surface area contributed by atoms with Crippen LogP contribution < -0.4 is 4.74 Å². The van der Waals surface area contributed by atoms with Gasteiger partial charge in [0.1, 0.15) is 35.3 Å². The maximum atomic E-state index is 12.7. The summed E-state index contributed by atoms with van der Waals surface area (Å²) in [6, 6.07) is 26.6. The molecule has 12 heteroatoms. The van der Waals surface area contributed by atoms with Gasteiger partial charge in [-0.15, -0.1) is 0 Å². The van der Waals surface area contributed by atoms with Crippen LogP contribution in [0.25, 0.3) is 11.3 Å². The van der Waals surface area contributed by atoms with E-state index >= 15 is 0 Å². The third kappa shape index (κ3) is 12.3. The van der Waals surface area contributed by atoms with Crippen LogP contribution in [0.2, 0.25) is 0 Å². The van der Waals surface area contributed by atoms with Crippen molar-refractivity contribution in [3.05, 3.63) is 129 Å². The normalized spacial score (nSPS) is 12.2. The number of aryl methyl sites for hydroxylation is 4. The lowest BCUT2D eigenvalue weighted by molar-refractivity contribution is -0.145. The molecule has 0 aliphatic heterocycles. The number of ether oxygens (including phenoxy) is 3. The van der Waals surface area contributed by atoms with Crippen LogP contribution >= 0.6 is 0 Å². The minimum absolute atomic E-state index is 0.00627. The summed E-state index contributed by atoms with van der Waals surface area (Å²) in [4.78, 5) is 30.2. The second-order valence-electron chi connectivity index (χ2n) is 17.5. The number of carbonyl (C=O) groups is 2. The van der Waals surface area contributed by atoms with Crippen LogP contribution in [0, 0.1) is 37.5 Å². The predicted octanol–water partition coefficient (Wildman–Crippen LogP) is 10.3. The number of allylic oxidation sites excluding steroid dienone is 1. The Kier molecular flexibility index (Phi) is 14.7. The van der Waals surface area contributed by atoms with E-state index in [2.05, 4.69) is 42.2 Å². The highest BCUT2D eigenvalue weighted by molar-refractivity contribution is 5.98. The van der Waals surface area contributed by atoms with E-state index in [0.29, 0.717) is 34.0 Å². The van der Waals surface area contributed by atoms with E-state index in [9.17, 15) is 14.9 Å². The third-order valence-electron chi connectivity index (χ3n) is 9.17. The second-order valence-corrected chi connectivity index (χ2v) is 17.5. The smallest absolute Gasteiger partial charge is 0.338 e. The van der Waals surface area contributed by atoms with Crippen molar-refractivity contribution >= 4 is 29.5 Å². The highest BCUT2D eigenvalue weighted by atomic mass is 16.6. The minimum Gasteiger partial charge on any atom is -0.456 e. The van der Waals surface area contributed by atoms with Gasteiger partial charge >= 0.3 is 11.9 Å². The maximum absolute atomic E-state index is 12.7. The molecule has 0 amide bonds. The summed E-state index contributed by atoms with van der Waals surface area (Å²) in [7, 11) is 3.60. The van der Waals surface area contributed by atoms with E-state index in [1.807, 2.05) is 115 Å². The number of rotatable bonds is 10. The molecule has 0 unspecified atom stereocenters. The van der Waals surface area contributed by atoms with Crippen molar-refractivity contribution in [1.29, 1.82) is 5.26 Å². The molecule has 0 bridgehead atoms. The van der Waals surface area contributed by atoms with Crippen LogP contribution in [0.4, 0.5) is 0 Å². The van der Waals surface area contributed by atoms with Crippen LogP contribution in [0.3, 0.4) is 0 Å². The number of oxime groups is 1. The molecule has 0 radical (unpaired) electrons. The van der Waals surface area contributed by atoms with Gasteiger partial charge in [0.05, 0.1) is 34.1 Å². The summed E-state index contributed by atoms with van der Waals surface area (Å²) < 4.78 is 20.5. The molecule has 0 spiro atoms. The molecule has 2 aromatic heterocycles. The van der Waals surface area contributed by atoms with E-state index in [-0.39, 0.29) is 23.8 Å². The molecule has 0 saturated heterocycles. The zero-order valence-corrected chi connectivity index (χ0v) is 37.4. The fourth-order valence-corrected chi connectivity index (χ4v) is 5.73. The lowest BCUT2D eigenvalue weighted by atomic mass is 9.86. The summed E-state index contributed by atoms with van der Waals surface area (Å²) >= 11 is 0. The number of aromatic nitrogens is 4. The number of benzene rings is 3. The van der Waals surface area contributed by atoms with Gasteiger partial charge in [-0.2, -0.15) is 15.5 Å².